The first-order valence-electron chi connectivity index (χ1n) is 8.36. The van der Waals surface area contributed by atoms with Gasteiger partial charge in [-0.05, 0) is 25.5 Å². The van der Waals surface area contributed by atoms with Crippen LogP contribution in [0, 0.1) is 13.8 Å². The van der Waals surface area contributed by atoms with Gasteiger partial charge < -0.3 is 4.40 Å². The van der Waals surface area contributed by atoms with Crippen LogP contribution in [0.1, 0.15) is 22.4 Å². The largest absolute Gasteiger partial charge is 0.304 e. The Morgan fingerprint density at radius 2 is 1.44 bits per heavy atom. The van der Waals surface area contributed by atoms with E-state index in [1.54, 1.807) is 0 Å². The second-order valence-corrected chi connectivity index (χ2v) is 6.19. The molecule has 0 atom stereocenters. The quantitative estimate of drug-likeness (QED) is 0.481. The standard InChI is InChI=1S/C22H19N3/c1-16-13-20(15-25-14-17(2)23-22(16)25)24-21(18-9-5-3-6-10-18)19-11-7-4-8-12-19/h3-15H,1-2H3. The van der Waals surface area contributed by atoms with Crippen LogP contribution in [0.15, 0.2) is 84.1 Å². The molecular formula is C22H19N3. The van der Waals surface area contributed by atoms with Crippen LogP contribution in [0.3, 0.4) is 0 Å². The molecule has 4 rings (SSSR count). The third-order valence-corrected chi connectivity index (χ3v) is 4.18. The van der Waals surface area contributed by atoms with Gasteiger partial charge in [-0.1, -0.05) is 60.7 Å². The van der Waals surface area contributed by atoms with Gasteiger partial charge in [-0.2, -0.15) is 0 Å². The molecule has 122 valence electrons. The topological polar surface area (TPSA) is 29.7 Å². The Morgan fingerprint density at radius 1 is 0.840 bits per heavy atom. The second kappa shape index (κ2) is 6.36. The fourth-order valence-electron chi connectivity index (χ4n) is 3.05. The van der Waals surface area contributed by atoms with Gasteiger partial charge in [0.15, 0.2) is 0 Å². The first kappa shape index (κ1) is 15.3. The van der Waals surface area contributed by atoms with Crippen LogP contribution in [-0.4, -0.2) is 15.1 Å². The predicted octanol–water partition coefficient (Wildman–Crippen LogP) is 5.12. The molecule has 0 N–H and O–H groups in total. The first-order valence-corrected chi connectivity index (χ1v) is 8.36. The predicted molar refractivity (Wildman–Crippen MR) is 103 cm³/mol. The summed E-state index contributed by atoms with van der Waals surface area (Å²) in [5, 5.41) is 0. The number of fused-ring (bicyclic) bond motifs is 1. The van der Waals surface area contributed by atoms with E-state index in [2.05, 4.69) is 46.6 Å². The molecule has 4 aromatic rings. The molecule has 0 bridgehead atoms. The number of aryl methyl sites for hydroxylation is 2. The van der Waals surface area contributed by atoms with Gasteiger partial charge in [-0.15, -0.1) is 0 Å². The van der Waals surface area contributed by atoms with Gasteiger partial charge in [0.05, 0.1) is 17.1 Å². The molecule has 0 aliphatic carbocycles. The zero-order valence-electron chi connectivity index (χ0n) is 14.3. The van der Waals surface area contributed by atoms with Crippen LogP contribution < -0.4 is 0 Å². The molecule has 0 radical (unpaired) electrons. The van der Waals surface area contributed by atoms with Crippen molar-refractivity contribution < 1.29 is 0 Å². The zero-order chi connectivity index (χ0) is 17.2. The molecular weight excluding hydrogens is 306 g/mol. The number of hydrogen-bond acceptors (Lipinski definition) is 2. The number of benzene rings is 2. The Kier molecular flexibility index (Phi) is 3.90. The molecule has 3 nitrogen and oxygen atoms in total. The maximum Gasteiger partial charge on any atom is 0.140 e. The minimum Gasteiger partial charge on any atom is -0.304 e. The van der Waals surface area contributed by atoms with Crippen molar-refractivity contribution in [3.63, 3.8) is 0 Å². The highest BCUT2D eigenvalue weighted by atomic mass is 15.0. The lowest BCUT2D eigenvalue weighted by Crippen LogP contribution is -2.02. The zero-order valence-corrected chi connectivity index (χ0v) is 14.3. The van der Waals surface area contributed by atoms with Crippen molar-refractivity contribution in [2.24, 2.45) is 4.99 Å². The number of rotatable bonds is 3. The van der Waals surface area contributed by atoms with E-state index in [1.165, 1.54) is 0 Å². The molecule has 2 aromatic carbocycles. The lowest BCUT2D eigenvalue weighted by molar-refractivity contribution is 1.15. The third-order valence-electron chi connectivity index (χ3n) is 4.18. The van der Waals surface area contributed by atoms with Crippen molar-refractivity contribution in [2.45, 2.75) is 13.8 Å². The van der Waals surface area contributed by atoms with Crippen LogP contribution in [-0.2, 0) is 0 Å². The van der Waals surface area contributed by atoms with Gasteiger partial charge in [0.25, 0.3) is 0 Å². The Labute approximate surface area is 147 Å². The summed E-state index contributed by atoms with van der Waals surface area (Å²) in [5.74, 6) is 0. The van der Waals surface area contributed by atoms with E-state index in [0.29, 0.717) is 0 Å². The number of aromatic nitrogens is 2. The number of imidazole rings is 1. The van der Waals surface area contributed by atoms with Gasteiger partial charge in [-0.25, -0.2) is 9.98 Å². The monoisotopic (exact) mass is 325 g/mol. The number of aliphatic imine (C=N–C) groups is 1. The summed E-state index contributed by atoms with van der Waals surface area (Å²) in [5.41, 5.74) is 7.21. The molecule has 0 unspecified atom stereocenters. The number of hydrogen-bond donors (Lipinski definition) is 0. The smallest absolute Gasteiger partial charge is 0.140 e. The average Bonchev–Trinajstić information content (AvgIpc) is 3.02. The molecule has 0 aliphatic rings. The number of pyridine rings is 1. The van der Waals surface area contributed by atoms with E-state index in [-0.39, 0.29) is 0 Å². The summed E-state index contributed by atoms with van der Waals surface area (Å²) in [6, 6.07) is 22.7. The van der Waals surface area contributed by atoms with Crippen molar-refractivity contribution in [1.29, 1.82) is 0 Å². The Bertz CT molecular complexity index is 1000. The van der Waals surface area contributed by atoms with Gasteiger partial charge >= 0.3 is 0 Å². The van der Waals surface area contributed by atoms with Gasteiger partial charge in [-0.3, -0.25) is 0 Å². The second-order valence-electron chi connectivity index (χ2n) is 6.19. The van der Waals surface area contributed by atoms with Gasteiger partial charge in [0, 0.05) is 23.5 Å². The third kappa shape index (κ3) is 3.09. The van der Waals surface area contributed by atoms with Gasteiger partial charge in [0.2, 0.25) is 0 Å². The van der Waals surface area contributed by atoms with Crippen molar-refractivity contribution in [3.8, 4) is 0 Å². The van der Waals surface area contributed by atoms with Crippen LogP contribution in [0.25, 0.3) is 5.65 Å². The molecule has 25 heavy (non-hydrogen) atoms. The fraction of sp³-hybridized carbons (Fsp3) is 0.0909. The summed E-state index contributed by atoms with van der Waals surface area (Å²) < 4.78 is 2.05. The minimum atomic E-state index is 0.921. The molecule has 0 aliphatic heterocycles. The van der Waals surface area contributed by atoms with E-state index < -0.39 is 0 Å². The molecule has 2 aromatic heterocycles. The first-order chi connectivity index (χ1) is 12.2. The molecule has 3 heteroatoms. The summed E-state index contributed by atoms with van der Waals surface area (Å²) in [6.07, 6.45) is 4.07. The molecule has 2 heterocycles. The fourth-order valence-corrected chi connectivity index (χ4v) is 3.05. The normalized spacial score (nSPS) is 10.8. The van der Waals surface area contributed by atoms with Crippen LogP contribution in [0.5, 0.6) is 0 Å². The maximum absolute atomic E-state index is 4.99. The molecule has 0 saturated carbocycles. The van der Waals surface area contributed by atoms with Crippen LogP contribution >= 0.6 is 0 Å². The highest BCUT2D eigenvalue weighted by Gasteiger charge is 2.08. The Morgan fingerprint density at radius 3 is 2.04 bits per heavy atom. The Balaban J connectivity index is 1.90. The van der Waals surface area contributed by atoms with Crippen molar-refractivity contribution in [1.82, 2.24) is 9.38 Å². The number of nitrogens with zero attached hydrogens (tertiary/aromatic N) is 3. The highest BCUT2D eigenvalue weighted by molar-refractivity contribution is 6.13. The minimum absolute atomic E-state index is 0.921. The maximum atomic E-state index is 4.99. The molecule has 0 saturated heterocycles. The van der Waals surface area contributed by atoms with Crippen molar-refractivity contribution >= 4 is 17.0 Å². The van der Waals surface area contributed by atoms with Gasteiger partial charge in [0.1, 0.15) is 5.65 Å². The van der Waals surface area contributed by atoms with Crippen molar-refractivity contribution in [3.05, 3.63) is 102 Å². The Hall–Kier alpha value is -3.20. The highest BCUT2D eigenvalue weighted by Crippen LogP contribution is 2.22. The lowest BCUT2D eigenvalue weighted by atomic mass is 10.0. The molecule has 0 spiro atoms. The molecule has 0 fully saturated rings. The van der Waals surface area contributed by atoms with E-state index in [1.807, 2.05) is 55.7 Å². The average molecular weight is 325 g/mol. The van der Waals surface area contributed by atoms with E-state index in [0.717, 1.165) is 39.4 Å². The van der Waals surface area contributed by atoms with Crippen molar-refractivity contribution in [2.75, 3.05) is 0 Å². The van der Waals surface area contributed by atoms with E-state index in [4.69, 9.17) is 4.99 Å². The lowest BCUT2D eigenvalue weighted by Gasteiger charge is -2.08. The molecule has 0 amide bonds. The summed E-state index contributed by atoms with van der Waals surface area (Å²) in [4.78, 5) is 9.55. The van der Waals surface area contributed by atoms with Crippen LogP contribution in [0.2, 0.25) is 0 Å². The summed E-state index contributed by atoms with van der Waals surface area (Å²) >= 11 is 0. The summed E-state index contributed by atoms with van der Waals surface area (Å²) in [6.45, 7) is 4.08. The summed E-state index contributed by atoms with van der Waals surface area (Å²) in [7, 11) is 0. The van der Waals surface area contributed by atoms with E-state index in [9.17, 15) is 0 Å². The SMILES string of the molecule is Cc1cn2cc(N=C(c3ccccc3)c3ccccc3)cc(C)c2n1. The van der Waals surface area contributed by atoms with E-state index >= 15 is 0 Å². The van der Waals surface area contributed by atoms with Crippen LogP contribution in [0.4, 0.5) is 5.69 Å².